The standard InChI is InChI=1S/C20H32N4O5/c1-13(16(26)10-22-14(2)17(27)11-25)5-7-18(28)20(3,4)24-19(29)8-6-15-9-21-12-23-15/h9,12-14,22,25H,5-8,10-11H2,1-4H3,(H,21,23)(H,24,29)/t13-,14-/m0/s1. The average molecular weight is 408 g/mol. The van der Waals surface area contributed by atoms with Gasteiger partial charge in [-0.1, -0.05) is 6.92 Å². The monoisotopic (exact) mass is 408 g/mol. The van der Waals surface area contributed by atoms with Crippen LogP contribution in [0, 0.1) is 5.92 Å². The highest BCUT2D eigenvalue weighted by molar-refractivity contribution is 5.93. The highest BCUT2D eigenvalue weighted by atomic mass is 16.3. The summed E-state index contributed by atoms with van der Waals surface area (Å²) in [5.41, 5.74) is -0.172. The van der Waals surface area contributed by atoms with Crippen LogP contribution in [-0.4, -0.2) is 63.1 Å². The number of ketones is 3. The van der Waals surface area contributed by atoms with Crippen LogP contribution in [0.1, 0.15) is 52.7 Å². The molecule has 0 unspecified atom stereocenters. The number of carbonyl (C=O) groups excluding carboxylic acids is 4. The van der Waals surface area contributed by atoms with E-state index < -0.39 is 18.2 Å². The van der Waals surface area contributed by atoms with E-state index in [1.807, 2.05) is 0 Å². The Morgan fingerprint density at radius 3 is 2.45 bits per heavy atom. The molecule has 162 valence electrons. The normalized spacial score (nSPS) is 13.6. The predicted octanol–water partition coefficient (Wildman–Crippen LogP) is 0.331. The Kier molecular flexibility index (Phi) is 9.84. The topological polar surface area (TPSA) is 141 Å². The first-order chi connectivity index (χ1) is 13.6. The third-order valence-electron chi connectivity index (χ3n) is 4.90. The van der Waals surface area contributed by atoms with E-state index in [-0.39, 0.29) is 48.6 Å². The van der Waals surface area contributed by atoms with E-state index in [0.717, 1.165) is 5.69 Å². The Labute approximate surface area is 171 Å². The van der Waals surface area contributed by atoms with E-state index in [4.69, 9.17) is 5.11 Å². The number of carbonyl (C=O) groups is 4. The maximum atomic E-state index is 12.5. The van der Waals surface area contributed by atoms with Crippen molar-refractivity contribution in [2.24, 2.45) is 5.92 Å². The van der Waals surface area contributed by atoms with Crippen molar-refractivity contribution in [3.8, 4) is 0 Å². The summed E-state index contributed by atoms with van der Waals surface area (Å²) >= 11 is 0. The molecule has 4 N–H and O–H groups in total. The fraction of sp³-hybridized carbons (Fsp3) is 0.650. The molecule has 1 aromatic rings. The molecule has 0 bridgehead atoms. The van der Waals surface area contributed by atoms with Crippen LogP contribution in [0.25, 0.3) is 0 Å². The second-order valence-electron chi connectivity index (χ2n) is 7.81. The third kappa shape index (κ3) is 8.66. The number of aliphatic hydroxyl groups is 1. The third-order valence-corrected chi connectivity index (χ3v) is 4.90. The van der Waals surface area contributed by atoms with Crippen LogP contribution in [0.5, 0.6) is 0 Å². The van der Waals surface area contributed by atoms with Gasteiger partial charge >= 0.3 is 0 Å². The van der Waals surface area contributed by atoms with Crippen LogP contribution in [0.15, 0.2) is 12.5 Å². The van der Waals surface area contributed by atoms with Gasteiger partial charge in [0.1, 0.15) is 12.4 Å². The number of imidazole rings is 1. The lowest BCUT2D eigenvalue weighted by molar-refractivity contribution is -0.131. The summed E-state index contributed by atoms with van der Waals surface area (Å²) in [6, 6.07) is -0.603. The largest absolute Gasteiger partial charge is 0.389 e. The lowest BCUT2D eigenvalue weighted by Gasteiger charge is -2.25. The summed E-state index contributed by atoms with van der Waals surface area (Å²) in [7, 11) is 0. The van der Waals surface area contributed by atoms with Gasteiger partial charge in [-0.15, -0.1) is 0 Å². The highest BCUT2D eigenvalue weighted by Gasteiger charge is 2.29. The average Bonchev–Trinajstić information content (AvgIpc) is 3.20. The first-order valence-corrected chi connectivity index (χ1v) is 9.78. The Morgan fingerprint density at radius 2 is 1.86 bits per heavy atom. The van der Waals surface area contributed by atoms with Gasteiger partial charge in [-0.2, -0.15) is 0 Å². The lowest BCUT2D eigenvalue weighted by Crippen LogP contribution is -2.50. The Morgan fingerprint density at radius 1 is 1.17 bits per heavy atom. The molecule has 29 heavy (non-hydrogen) atoms. The number of nitrogens with zero attached hydrogens (tertiary/aromatic N) is 1. The fourth-order valence-corrected chi connectivity index (χ4v) is 2.65. The minimum absolute atomic E-state index is 0.00397. The van der Waals surface area contributed by atoms with Gasteiger partial charge in [0.05, 0.1) is 24.5 Å². The van der Waals surface area contributed by atoms with E-state index in [2.05, 4.69) is 20.6 Å². The zero-order valence-corrected chi connectivity index (χ0v) is 17.6. The number of hydrogen-bond donors (Lipinski definition) is 4. The quantitative estimate of drug-likeness (QED) is 0.348. The summed E-state index contributed by atoms with van der Waals surface area (Å²) in [4.78, 5) is 55.0. The van der Waals surface area contributed by atoms with Crippen molar-refractivity contribution in [1.29, 1.82) is 0 Å². The van der Waals surface area contributed by atoms with E-state index in [1.165, 1.54) is 0 Å². The Balaban J connectivity index is 2.39. The number of rotatable bonds is 14. The number of hydrogen-bond acceptors (Lipinski definition) is 7. The van der Waals surface area contributed by atoms with E-state index in [9.17, 15) is 19.2 Å². The number of aromatic nitrogens is 2. The first kappa shape index (κ1) is 24.6. The molecule has 1 amide bonds. The molecule has 2 atom stereocenters. The molecule has 0 spiro atoms. The molecular formula is C20H32N4O5. The van der Waals surface area contributed by atoms with Gasteiger partial charge < -0.3 is 20.7 Å². The van der Waals surface area contributed by atoms with Gasteiger partial charge in [0.2, 0.25) is 5.91 Å². The second kappa shape index (κ2) is 11.6. The molecule has 1 heterocycles. The number of nitrogens with one attached hydrogen (secondary N) is 3. The maximum Gasteiger partial charge on any atom is 0.221 e. The second-order valence-corrected chi connectivity index (χ2v) is 7.81. The summed E-state index contributed by atoms with van der Waals surface area (Å²) in [6.45, 7) is 6.04. The number of H-pyrrole nitrogens is 1. The Bertz CT molecular complexity index is 700. The smallest absolute Gasteiger partial charge is 0.221 e. The number of aryl methyl sites for hydroxylation is 1. The molecular weight excluding hydrogens is 376 g/mol. The van der Waals surface area contributed by atoms with Gasteiger partial charge in [-0.3, -0.25) is 19.2 Å². The van der Waals surface area contributed by atoms with Crippen molar-refractivity contribution in [1.82, 2.24) is 20.6 Å². The minimum atomic E-state index is -1.02. The molecule has 0 aliphatic carbocycles. The van der Waals surface area contributed by atoms with Crippen LogP contribution in [0.4, 0.5) is 0 Å². The minimum Gasteiger partial charge on any atom is -0.389 e. The summed E-state index contributed by atoms with van der Waals surface area (Å²) in [6.07, 6.45) is 4.46. The van der Waals surface area contributed by atoms with Crippen LogP contribution < -0.4 is 10.6 Å². The van der Waals surface area contributed by atoms with Crippen molar-refractivity contribution in [2.45, 2.75) is 65.0 Å². The van der Waals surface area contributed by atoms with Crippen molar-refractivity contribution >= 4 is 23.3 Å². The predicted molar refractivity (Wildman–Crippen MR) is 107 cm³/mol. The van der Waals surface area contributed by atoms with E-state index in [0.29, 0.717) is 12.8 Å². The summed E-state index contributed by atoms with van der Waals surface area (Å²) in [5.74, 6) is -1.24. The van der Waals surface area contributed by atoms with Crippen LogP contribution in [0.2, 0.25) is 0 Å². The molecule has 1 rings (SSSR count). The van der Waals surface area contributed by atoms with Gasteiger partial charge in [0, 0.05) is 30.7 Å². The first-order valence-electron chi connectivity index (χ1n) is 9.78. The molecule has 0 saturated carbocycles. The Hall–Kier alpha value is -2.39. The summed E-state index contributed by atoms with van der Waals surface area (Å²) < 4.78 is 0. The molecule has 0 aromatic carbocycles. The molecule has 0 aliphatic rings. The van der Waals surface area contributed by atoms with E-state index in [1.54, 1.807) is 40.2 Å². The number of aliphatic hydroxyl groups excluding tert-OH is 1. The fourth-order valence-electron chi connectivity index (χ4n) is 2.65. The number of aromatic amines is 1. The van der Waals surface area contributed by atoms with Crippen molar-refractivity contribution in [3.05, 3.63) is 18.2 Å². The molecule has 0 radical (unpaired) electrons. The number of Topliss-reactive ketones (excluding diaryl/α,β-unsaturated/α-hetero) is 3. The SMILES string of the molecule is C[C@H](NCC(=O)[C@@H](C)CCC(=O)C(C)(C)NC(=O)CCc1cnc[nH]1)C(=O)CO. The molecule has 1 aromatic heterocycles. The molecule has 0 saturated heterocycles. The maximum absolute atomic E-state index is 12.5. The molecule has 0 aliphatic heterocycles. The highest BCUT2D eigenvalue weighted by Crippen LogP contribution is 2.14. The lowest BCUT2D eigenvalue weighted by atomic mass is 9.90. The van der Waals surface area contributed by atoms with Gasteiger partial charge in [0.25, 0.3) is 0 Å². The molecule has 0 fully saturated rings. The zero-order chi connectivity index (χ0) is 22.0. The van der Waals surface area contributed by atoms with Crippen LogP contribution in [0.3, 0.4) is 0 Å². The number of amides is 1. The van der Waals surface area contributed by atoms with Gasteiger partial charge in [-0.05, 0) is 33.6 Å². The van der Waals surface area contributed by atoms with Crippen molar-refractivity contribution in [3.63, 3.8) is 0 Å². The van der Waals surface area contributed by atoms with Crippen LogP contribution in [-0.2, 0) is 25.6 Å². The van der Waals surface area contributed by atoms with E-state index >= 15 is 0 Å². The molecule has 9 nitrogen and oxygen atoms in total. The van der Waals surface area contributed by atoms with Crippen molar-refractivity contribution in [2.75, 3.05) is 13.2 Å². The van der Waals surface area contributed by atoms with Crippen molar-refractivity contribution < 1.29 is 24.3 Å². The van der Waals surface area contributed by atoms with Gasteiger partial charge in [-0.25, -0.2) is 4.98 Å². The molecule has 9 heteroatoms. The zero-order valence-electron chi connectivity index (χ0n) is 17.6. The van der Waals surface area contributed by atoms with Crippen LogP contribution >= 0.6 is 0 Å². The summed E-state index contributed by atoms with van der Waals surface area (Å²) in [5, 5.41) is 14.3. The van der Waals surface area contributed by atoms with Gasteiger partial charge in [0.15, 0.2) is 11.6 Å².